The molecule has 2 fully saturated rings. The van der Waals surface area contributed by atoms with Crippen molar-refractivity contribution in [3.8, 4) is 0 Å². The van der Waals surface area contributed by atoms with Gasteiger partial charge in [-0.05, 0) is 31.9 Å². The highest BCUT2D eigenvalue weighted by molar-refractivity contribution is 14.0. The van der Waals surface area contributed by atoms with Crippen molar-refractivity contribution in [1.29, 1.82) is 0 Å². The molecule has 31 heavy (non-hydrogen) atoms. The lowest BCUT2D eigenvalue weighted by molar-refractivity contribution is 0.0767. The molecule has 11 heteroatoms. The fourth-order valence-electron chi connectivity index (χ4n) is 3.92. The van der Waals surface area contributed by atoms with Crippen LogP contribution in [0.5, 0.6) is 0 Å². The summed E-state index contributed by atoms with van der Waals surface area (Å²) in [6, 6.07) is 3.46. The number of nitrogens with one attached hydrogen (secondary N) is 1. The largest absolute Gasteiger partial charge is 0.381 e. The minimum absolute atomic E-state index is 0. The van der Waals surface area contributed by atoms with Gasteiger partial charge in [-0.1, -0.05) is 0 Å². The number of aliphatic imine (C=N–C) groups is 1. The third-order valence-corrected chi connectivity index (χ3v) is 7.98. The smallest absolute Gasteiger partial charge is 0.194 e. The highest BCUT2D eigenvalue weighted by Crippen LogP contribution is 2.30. The summed E-state index contributed by atoms with van der Waals surface area (Å²) >= 11 is 0. The van der Waals surface area contributed by atoms with E-state index in [0.29, 0.717) is 64.7 Å². The summed E-state index contributed by atoms with van der Waals surface area (Å²) in [6.45, 7) is 5.75. The van der Waals surface area contributed by atoms with Crippen LogP contribution in [0.1, 0.15) is 19.8 Å². The van der Waals surface area contributed by atoms with Crippen LogP contribution in [0.3, 0.4) is 0 Å². The number of nitrogens with zero attached hydrogens (tertiary/aromatic N) is 3. The van der Waals surface area contributed by atoms with E-state index in [-0.39, 0.29) is 36.2 Å². The third kappa shape index (κ3) is 6.19. The predicted molar refractivity (Wildman–Crippen MR) is 129 cm³/mol. The Morgan fingerprint density at radius 1 is 1.19 bits per heavy atom. The Bertz CT molecular complexity index is 871. The summed E-state index contributed by atoms with van der Waals surface area (Å²) in [7, 11) is -3.30. The Balaban J connectivity index is 0.00000341. The fourth-order valence-corrected chi connectivity index (χ4v) is 5.13. The van der Waals surface area contributed by atoms with Crippen LogP contribution in [0.2, 0.25) is 0 Å². The van der Waals surface area contributed by atoms with Gasteiger partial charge in [0.05, 0.1) is 17.0 Å². The van der Waals surface area contributed by atoms with Crippen LogP contribution in [-0.2, 0) is 14.6 Å². The molecule has 0 amide bonds. The van der Waals surface area contributed by atoms with Crippen LogP contribution >= 0.6 is 24.0 Å². The van der Waals surface area contributed by atoms with E-state index in [1.54, 1.807) is 0 Å². The van der Waals surface area contributed by atoms with Gasteiger partial charge in [0.25, 0.3) is 0 Å². The van der Waals surface area contributed by atoms with Gasteiger partial charge >= 0.3 is 0 Å². The number of halogens is 3. The lowest BCUT2D eigenvalue weighted by atomic mass is 9.99. The molecule has 2 aliphatic heterocycles. The molecule has 0 saturated carbocycles. The molecule has 0 spiro atoms. The molecule has 7 nitrogen and oxygen atoms in total. The van der Waals surface area contributed by atoms with E-state index in [0.717, 1.165) is 12.1 Å². The van der Waals surface area contributed by atoms with Gasteiger partial charge in [-0.15, -0.1) is 24.0 Å². The van der Waals surface area contributed by atoms with E-state index in [2.05, 4.69) is 10.3 Å². The maximum absolute atomic E-state index is 14.1. The van der Waals surface area contributed by atoms with E-state index >= 15 is 0 Å². The molecule has 0 unspecified atom stereocenters. The van der Waals surface area contributed by atoms with E-state index in [1.807, 2.05) is 16.7 Å². The SMILES string of the molecule is CCNC(=NCC1(S(C)(=O)=O)CCOCC1)N1CCN(c2cc(F)ccc2F)CC1.I. The first-order valence-electron chi connectivity index (χ1n) is 10.3. The average Bonchev–Trinajstić information content (AvgIpc) is 2.73. The van der Waals surface area contributed by atoms with Gasteiger partial charge in [0.1, 0.15) is 11.6 Å². The summed E-state index contributed by atoms with van der Waals surface area (Å²) in [6.07, 6.45) is 2.13. The molecule has 0 bridgehead atoms. The first kappa shape index (κ1) is 26.0. The second kappa shape index (κ2) is 11.1. The number of rotatable bonds is 5. The van der Waals surface area contributed by atoms with Gasteiger partial charge in [0.15, 0.2) is 15.8 Å². The van der Waals surface area contributed by atoms with Crippen LogP contribution in [0.4, 0.5) is 14.5 Å². The van der Waals surface area contributed by atoms with Gasteiger partial charge in [-0.3, -0.25) is 4.99 Å². The van der Waals surface area contributed by atoms with E-state index in [4.69, 9.17) is 4.74 Å². The minimum atomic E-state index is -3.30. The van der Waals surface area contributed by atoms with Crippen molar-refractivity contribution in [2.45, 2.75) is 24.5 Å². The first-order valence-corrected chi connectivity index (χ1v) is 12.2. The molecule has 1 N–H and O–H groups in total. The van der Waals surface area contributed by atoms with Gasteiger partial charge in [0, 0.05) is 58.3 Å². The Labute approximate surface area is 200 Å². The summed E-state index contributed by atoms with van der Waals surface area (Å²) in [5, 5.41) is 3.23. The molecule has 3 rings (SSSR count). The number of benzene rings is 1. The monoisotopic (exact) mass is 572 g/mol. The van der Waals surface area contributed by atoms with Crippen LogP contribution in [0.25, 0.3) is 0 Å². The van der Waals surface area contributed by atoms with Gasteiger partial charge in [0.2, 0.25) is 0 Å². The number of anilines is 1. The lowest BCUT2D eigenvalue weighted by Crippen LogP contribution is -2.53. The number of piperazine rings is 1. The molecule has 1 aromatic rings. The molecule has 0 aliphatic carbocycles. The molecule has 2 heterocycles. The van der Waals surface area contributed by atoms with Crippen molar-refractivity contribution in [2.24, 2.45) is 4.99 Å². The lowest BCUT2D eigenvalue weighted by Gasteiger charge is -2.38. The van der Waals surface area contributed by atoms with Crippen LogP contribution in [-0.4, -0.2) is 82.8 Å². The summed E-state index contributed by atoms with van der Waals surface area (Å²) in [4.78, 5) is 8.52. The number of hydrogen-bond donors (Lipinski definition) is 1. The highest BCUT2D eigenvalue weighted by Gasteiger charge is 2.42. The van der Waals surface area contributed by atoms with Crippen LogP contribution < -0.4 is 10.2 Å². The number of sulfone groups is 1. The predicted octanol–water partition coefficient (Wildman–Crippen LogP) is 2.26. The van der Waals surface area contributed by atoms with Crippen molar-refractivity contribution in [3.63, 3.8) is 0 Å². The van der Waals surface area contributed by atoms with Gasteiger partial charge < -0.3 is 19.9 Å². The zero-order valence-electron chi connectivity index (χ0n) is 17.9. The minimum Gasteiger partial charge on any atom is -0.381 e. The zero-order chi connectivity index (χ0) is 21.8. The average molecular weight is 572 g/mol. The van der Waals surface area contributed by atoms with Crippen molar-refractivity contribution < 1.29 is 21.9 Å². The van der Waals surface area contributed by atoms with Crippen LogP contribution in [0.15, 0.2) is 23.2 Å². The Kier molecular flexibility index (Phi) is 9.31. The molecule has 2 aliphatic rings. The summed E-state index contributed by atoms with van der Waals surface area (Å²) < 4.78 is 57.0. The number of guanidine groups is 1. The second-order valence-corrected chi connectivity index (χ2v) is 10.2. The molecule has 0 atom stereocenters. The molecule has 2 saturated heterocycles. The zero-order valence-corrected chi connectivity index (χ0v) is 21.1. The Hall–Kier alpha value is -1.21. The molecular formula is C20H31F2IN4O3S. The van der Waals surface area contributed by atoms with Crippen molar-refractivity contribution in [2.75, 3.05) is 63.6 Å². The number of hydrogen-bond acceptors (Lipinski definition) is 5. The van der Waals surface area contributed by atoms with E-state index < -0.39 is 26.2 Å². The number of ether oxygens (including phenoxy) is 1. The quantitative estimate of drug-likeness (QED) is 0.332. The van der Waals surface area contributed by atoms with E-state index in [1.165, 1.54) is 12.3 Å². The summed E-state index contributed by atoms with van der Waals surface area (Å²) in [5.74, 6) is -0.266. The Morgan fingerprint density at radius 2 is 1.84 bits per heavy atom. The summed E-state index contributed by atoms with van der Waals surface area (Å²) in [5.41, 5.74) is 0.259. The first-order chi connectivity index (χ1) is 14.3. The molecule has 0 aromatic heterocycles. The maximum Gasteiger partial charge on any atom is 0.194 e. The molecule has 176 valence electrons. The van der Waals surface area contributed by atoms with Crippen LogP contribution in [0, 0.1) is 11.6 Å². The molecular weight excluding hydrogens is 541 g/mol. The third-order valence-electron chi connectivity index (χ3n) is 5.87. The Morgan fingerprint density at radius 3 is 2.42 bits per heavy atom. The molecule has 1 aromatic carbocycles. The van der Waals surface area contributed by atoms with E-state index in [9.17, 15) is 17.2 Å². The standard InChI is InChI=1S/C20H30F2N4O3S.HI/c1-3-23-19(24-15-20(30(2,27)28)6-12-29-13-7-20)26-10-8-25(9-11-26)18-14-16(21)4-5-17(18)22;/h4-5,14H,3,6-13,15H2,1-2H3,(H,23,24);1H. The second-order valence-electron chi connectivity index (χ2n) is 7.81. The normalized spacial score (nSPS) is 19.7. The topological polar surface area (TPSA) is 74.2 Å². The fraction of sp³-hybridized carbons (Fsp3) is 0.650. The maximum atomic E-state index is 14.1. The molecule has 0 radical (unpaired) electrons. The van der Waals surface area contributed by atoms with Crippen molar-refractivity contribution >= 4 is 45.5 Å². The van der Waals surface area contributed by atoms with Gasteiger partial charge in [-0.25, -0.2) is 17.2 Å². The highest BCUT2D eigenvalue weighted by atomic mass is 127. The van der Waals surface area contributed by atoms with Crippen molar-refractivity contribution in [3.05, 3.63) is 29.8 Å². The van der Waals surface area contributed by atoms with Gasteiger partial charge in [-0.2, -0.15) is 0 Å². The van der Waals surface area contributed by atoms with Crippen molar-refractivity contribution in [1.82, 2.24) is 10.2 Å².